The first-order valence-corrected chi connectivity index (χ1v) is 16.7. The Balaban J connectivity index is 1.66. The van der Waals surface area contributed by atoms with Crippen molar-refractivity contribution in [2.75, 3.05) is 39.6 Å². The van der Waals surface area contributed by atoms with Gasteiger partial charge in [-0.1, -0.05) is 60.7 Å². The summed E-state index contributed by atoms with van der Waals surface area (Å²) in [6.07, 6.45) is 0. The molecule has 2 aromatic heterocycles. The van der Waals surface area contributed by atoms with Crippen LogP contribution in [0.1, 0.15) is 32.0 Å². The minimum Gasteiger partial charge on any atom is -0.377 e. The normalized spacial score (nSPS) is 20.2. The van der Waals surface area contributed by atoms with Crippen molar-refractivity contribution in [2.24, 2.45) is 0 Å². The van der Waals surface area contributed by atoms with Gasteiger partial charge in [0.2, 0.25) is 0 Å². The van der Waals surface area contributed by atoms with Gasteiger partial charge in [-0.15, -0.1) is 22.7 Å². The molecule has 12 heteroatoms. The molecule has 1 aliphatic heterocycles. The van der Waals surface area contributed by atoms with Gasteiger partial charge in [0.15, 0.2) is 0 Å². The number of allylic oxidation sites excluding steroid dienone is 2. The third kappa shape index (κ3) is 5.97. The predicted molar refractivity (Wildman–Crippen MR) is 172 cm³/mol. The highest BCUT2D eigenvalue weighted by Gasteiger charge is 2.80. The van der Waals surface area contributed by atoms with E-state index < -0.39 is 34.5 Å². The van der Waals surface area contributed by atoms with E-state index in [4.69, 9.17) is 18.9 Å². The van der Waals surface area contributed by atoms with Crippen molar-refractivity contribution in [1.29, 1.82) is 0 Å². The molecule has 2 aliphatic rings. The minimum atomic E-state index is -5.72. The van der Waals surface area contributed by atoms with Crippen molar-refractivity contribution in [3.8, 4) is 20.9 Å². The lowest BCUT2D eigenvalue weighted by Gasteiger charge is -2.26. The first-order chi connectivity index (χ1) is 22.5. The quantitative estimate of drug-likeness (QED) is 0.200. The number of thiophene rings is 2. The zero-order valence-corrected chi connectivity index (χ0v) is 27.3. The molecule has 0 spiro atoms. The standard InChI is InChI=1S/C35H32F6O4S2/c1-21-27(22(2)46-31(21)23-9-5-3-6-10-23)29-30(34(38,39)35(40,41)33(29,36)37)28-25-19-44-17-15-42-13-14-43-16-18-45-20-26(28)47-32(25)24-11-7-4-8-12-24/h3-12H,13-20H2,1-2H3. The third-order valence-corrected chi connectivity index (χ3v) is 10.7. The van der Waals surface area contributed by atoms with E-state index in [0.717, 1.165) is 22.7 Å². The largest absolute Gasteiger partial charge is 0.380 e. The summed E-state index contributed by atoms with van der Waals surface area (Å²) in [7, 11) is 0. The lowest BCUT2D eigenvalue weighted by Crippen LogP contribution is -2.49. The Hall–Kier alpha value is -3.00. The highest BCUT2D eigenvalue weighted by atomic mass is 32.1. The number of benzene rings is 2. The molecule has 0 fully saturated rings. The van der Waals surface area contributed by atoms with Crippen LogP contribution < -0.4 is 0 Å². The summed E-state index contributed by atoms with van der Waals surface area (Å²) < 4.78 is 119. The molecule has 0 atom stereocenters. The number of alkyl halides is 6. The minimum absolute atomic E-state index is 0.0488. The van der Waals surface area contributed by atoms with Crippen LogP contribution in [-0.2, 0) is 32.2 Å². The first kappa shape index (κ1) is 33.9. The third-order valence-electron chi connectivity index (χ3n) is 8.24. The predicted octanol–water partition coefficient (Wildman–Crippen LogP) is 9.67. The summed E-state index contributed by atoms with van der Waals surface area (Å²) in [5, 5.41) is 0. The van der Waals surface area contributed by atoms with Gasteiger partial charge >= 0.3 is 17.8 Å². The van der Waals surface area contributed by atoms with Crippen LogP contribution in [0.2, 0.25) is 0 Å². The second-order valence-electron chi connectivity index (χ2n) is 11.2. The maximum Gasteiger partial charge on any atom is 0.380 e. The first-order valence-electron chi connectivity index (χ1n) is 15.0. The van der Waals surface area contributed by atoms with E-state index >= 15 is 26.3 Å². The molecule has 0 unspecified atom stereocenters. The van der Waals surface area contributed by atoms with Crippen LogP contribution in [0.5, 0.6) is 0 Å². The van der Waals surface area contributed by atoms with Crippen molar-refractivity contribution >= 4 is 33.8 Å². The molecule has 47 heavy (non-hydrogen) atoms. The molecule has 4 nitrogen and oxygen atoms in total. The van der Waals surface area contributed by atoms with E-state index in [0.29, 0.717) is 34.1 Å². The molecule has 0 saturated heterocycles. The SMILES string of the molecule is Cc1sc(-c2ccccc2)c(C)c1C1=C(c2c3sc(-c4ccccc4)c2COCCOCCOCCOC3)C(F)(F)C(F)(F)C1(F)F. The molecule has 3 heterocycles. The molecular weight excluding hydrogens is 663 g/mol. The van der Waals surface area contributed by atoms with Crippen molar-refractivity contribution in [3.63, 3.8) is 0 Å². The Bertz CT molecular complexity index is 1750. The van der Waals surface area contributed by atoms with Crippen LogP contribution in [0.4, 0.5) is 26.3 Å². The zero-order chi connectivity index (χ0) is 33.4. The highest BCUT2D eigenvalue weighted by molar-refractivity contribution is 7.16. The van der Waals surface area contributed by atoms with Gasteiger partial charge < -0.3 is 18.9 Å². The molecule has 0 amide bonds. The Labute approximate surface area is 276 Å². The van der Waals surface area contributed by atoms with Gasteiger partial charge in [0.25, 0.3) is 0 Å². The van der Waals surface area contributed by atoms with E-state index in [1.165, 1.54) is 13.8 Å². The Morgan fingerprint density at radius 3 is 1.57 bits per heavy atom. The number of rotatable bonds is 4. The average Bonchev–Trinajstić information content (AvgIpc) is 3.58. The Morgan fingerprint density at radius 1 is 0.553 bits per heavy atom. The fourth-order valence-electron chi connectivity index (χ4n) is 6.04. The van der Waals surface area contributed by atoms with Gasteiger partial charge in [-0.25, -0.2) is 0 Å². The topological polar surface area (TPSA) is 36.9 Å². The summed E-state index contributed by atoms with van der Waals surface area (Å²) >= 11 is 2.14. The van der Waals surface area contributed by atoms with E-state index in [-0.39, 0.29) is 66.1 Å². The van der Waals surface area contributed by atoms with Gasteiger partial charge in [0.05, 0.1) is 52.9 Å². The lowest BCUT2D eigenvalue weighted by atomic mass is 9.89. The molecule has 0 saturated carbocycles. The van der Waals surface area contributed by atoms with Gasteiger partial charge in [-0.05, 0) is 30.5 Å². The van der Waals surface area contributed by atoms with Crippen LogP contribution in [0.25, 0.3) is 32.0 Å². The smallest absolute Gasteiger partial charge is 0.377 e. The Kier molecular flexibility index (Phi) is 9.72. The summed E-state index contributed by atoms with van der Waals surface area (Å²) in [6, 6.07) is 17.5. The maximum absolute atomic E-state index is 16.4. The molecule has 6 rings (SSSR count). The molecule has 0 radical (unpaired) electrons. The van der Waals surface area contributed by atoms with Crippen molar-refractivity contribution in [3.05, 3.63) is 92.7 Å². The van der Waals surface area contributed by atoms with Gasteiger partial charge in [0.1, 0.15) is 0 Å². The van der Waals surface area contributed by atoms with Gasteiger partial charge in [-0.2, -0.15) is 26.3 Å². The molecule has 250 valence electrons. The Morgan fingerprint density at radius 2 is 1.02 bits per heavy atom. The lowest BCUT2D eigenvalue weighted by molar-refractivity contribution is -0.254. The van der Waals surface area contributed by atoms with Crippen LogP contribution in [0.3, 0.4) is 0 Å². The van der Waals surface area contributed by atoms with E-state index in [1.54, 1.807) is 60.7 Å². The van der Waals surface area contributed by atoms with Crippen molar-refractivity contribution in [1.82, 2.24) is 0 Å². The van der Waals surface area contributed by atoms with Crippen molar-refractivity contribution in [2.45, 2.75) is 44.8 Å². The van der Waals surface area contributed by atoms with Crippen molar-refractivity contribution < 1.29 is 45.3 Å². The van der Waals surface area contributed by atoms with Crippen LogP contribution in [0.15, 0.2) is 60.7 Å². The van der Waals surface area contributed by atoms with Gasteiger partial charge in [-0.3, -0.25) is 0 Å². The van der Waals surface area contributed by atoms with Crippen LogP contribution >= 0.6 is 22.7 Å². The molecule has 2 aromatic carbocycles. The summed E-state index contributed by atoms with van der Waals surface area (Å²) in [6.45, 7) is 3.42. The van der Waals surface area contributed by atoms with Crippen LogP contribution in [0, 0.1) is 13.8 Å². The van der Waals surface area contributed by atoms with E-state index in [9.17, 15) is 0 Å². The van der Waals surface area contributed by atoms with E-state index in [2.05, 4.69) is 0 Å². The molecule has 1 aliphatic carbocycles. The van der Waals surface area contributed by atoms with Crippen LogP contribution in [-0.4, -0.2) is 57.4 Å². The highest BCUT2D eigenvalue weighted by Crippen LogP contribution is 2.67. The van der Waals surface area contributed by atoms with E-state index in [1.807, 2.05) is 0 Å². The second-order valence-corrected chi connectivity index (χ2v) is 13.6. The zero-order valence-electron chi connectivity index (χ0n) is 25.6. The molecule has 2 bridgehead atoms. The maximum atomic E-state index is 16.4. The number of hydrogen-bond acceptors (Lipinski definition) is 6. The summed E-state index contributed by atoms with van der Waals surface area (Å²) in [4.78, 5) is 1.31. The number of aryl methyl sites for hydroxylation is 1. The summed E-state index contributed by atoms with van der Waals surface area (Å²) in [5.41, 5.74) is -1.87. The number of halogens is 6. The molecule has 0 N–H and O–H groups in total. The fraction of sp³-hybridized carbons (Fsp3) is 0.371. The van der Waals surface area contributed by atoms with Gasteiger partial charge in [0, 0.05) is 47.3 Å². The number of fused-ring (bicyclic) bond motifs is 2. The number of hydrogen-bond donors (Lipinski definition) is 0. The average molecular weight is 695 g/mol. The molecule has 4 aromatic rings. The fourth-order valence-corrected chi connectivity index (χ4v) is 8.47. The number of ether oxygens (including phenoxy) is 4. The monoisotopic (exact) mass is 694 g/mol. The summed E-state index contributed by atoms with van der Waals surface area (Å²) in [5.74, 6) is -16.2. The molecular formula is C35H32F6O4S2. The second kappa shape index (κ2) is 13.5.